The van der Waals surface area contributed by atoms with Gasteiger partial charge in [-0.1, -0.05) is 38.5 Å². The Morgan fingerprint density at radius 3 is 2.79 bits per heavy atom. The second kappa shape index (κ2) is 7.34. The molecule has 0 radical (unpaired) electrons. The van der Waals surface area contributed by atoms with E-state index in [1.54, 1.807) is 0 Å². The molecule has 0 amide bonds. The molecule has 1 atom stereocenters. The summed E-state index contributed by atoms with van der Waals surface area (Å²) >= 11 is 0. The van der Waals surface area contributed by atoms with Crippen LogP contribution in [0.25, 0.3) is 10.9 Å². The van der Waals surface area contributed by atoms with Crippen molar-refractivity contribution in [2.24, 2.45) is 0 Å². The molecule has 104 valence electrons. The lowest BCUT2D eigenvalue weighted by atomic mass is 10.1. The van der Waals surface area contributed by atoms with Gasteiger partial charge in [0.15, 0.2) is 0 Å². The third-order valence-electron chi connectivity index (χ3n) is 3.82. The number of fused-ring (bicyclic) bond motifs is 1. The smallest absolute Gasteiger partial charge is 0.0480 e. The summed E-state index contributed by atoms with van der Waals surface area (Å²) in [5.74, 6) is 0. The average Bonchev–Trinajstić information content (AvgIpc) is 2.85. The molecule has 0 aliphatic rings. The molecule has 2 heteroatoms. The molecule has 2 nitrogen and oxygen atoms in total. The molecular formula is C17H26N2. The van der Waals surface area contributed by atoms with Crippen molar-refractivity contribution in [1.29, 1.82) is 0 Å². The minimum absolute atomic E-state index is 0.700. The van der Waals surface area contributed by atoms with Gasteiger partial charge in [-0.2, -0.15) is 0 Å². The van der Waals surface area contributed by atoms with Gasteiger partial charge in [-0.3, -0.25) is 0 Å². The molecule has 19 heavy (non-hydrogen) atoms. The van der Waals surface area contributed by atoms with Crippen LogP contribution in [-0.2, 0) is 6.54 Å². The summed E-state index contributed by atoms with van der Waals surface area (Å²) in [6, 6.07) is 11.5. The molecule has 1 aromatic carbocycles. The largest absolute Gasteiger partial charge is 0.347 e. The summed E-state index contributed by atoms with van der Waals surface area (Å²) in [5.41, 5.74) is 1.35. The number of hydrogen-bond donors (Lipinski definition) is 1. The van der Waals surface area contributed by atoms with Crippen LogP contribution < -0.4 is 5.32 Å². The van der Waals surface area contributed by atoms with Gasteiger partial charge in [0.2, 0.25) is 0 Å². The lowest BCUT2D eigenvalue weighted by Gasteiger charge is -2.16. The zero-order valence-electron chi connectivity index (χ0n) is 12.2. The van der Waals surface area contributed by atoms with Crippen LogP contribution in [0, 0.1) is 0 Å². The van der Waals surface area contributed by atoms with Crippen molar-refractivity contribution in [2.75, 3.05) is 6.54 Å². The molecular weight excluding hydrogens is 232 g/mol. The van der Waals surface area contributed by atoms with Gasteiger partial charge in [-0.15, -0.1) is 0 Å². The Kier molecular flexibility index (Phi) is 5.46. The maximum atomic E-state index is 3.67. The molecule has 2 rings (SSSR count). The van der Waals surface area contributed by atoms with Crippen LogP contribution in [0.5, 0.6) is 0 Å². The van der Waals surface area contributed by atoms with Crippen molar-refractivity contribution >= 4 is 10.9 Å². The van der Waals surface area contributed by atoms with E-state index in [0.29, 0.717) is 6.04 Å². The maximum Gasteiger partial charge on any atom is 0.0480 e. The van der Waals surface area contributed by atoms with Gasteiger partial charge in [-0.25, -0.2) is 0 Å². The zero-order chi connectivity index (χ0) is 13.5. The number of nitrogens with zero attached hydrogens (tertiary/aromatic N) is 1. The zero-order valence-corrected chi connectivity index (χ0v) is 12.2. The van der Waals surface area contributed by atoms with Crippen molar-refractivity contribution in [3.05, 3.63) is 36.5 Å². The molecule has 1 aromatic heterocycles. The molecule has 0 saturated carbocycles. The molecule has 1 unspecified atom stereocenters. The Balaban J connectivity index is 1.79. The van der Waals surface area contributed by atoms with Crippen LogP contribution in [-0.4, -0.2) is 17.2 Å². The highest BCUT2D eigenvalue weighted by Gasteiger charge is 2.03. The van der Waals surface area contributed by atoms with Gasteiger partial charge in [0, 0.05) is 24.3 Å². The third-order valence-corrected chi connectivity index (χ3v) is 3.82. The summed E-state index contributed by atoms with van der Waals surface area (Å²) in [6.07, 6.45) is 7.20. The predicted molar refractivity (Wildman–Crippen MR) is 83.5 cm³/mol. The summed E-state index contributed by atoms with van der Waals surface area (Å²) in [6.45, 7) is 6.75. The van der Waals surface area contributed by atoms with Crippen LogP contribution in [0.1, 0.15) is 39.5 Å². The fourth-order valence-electron chi connectivity index (χ4n) is 2.69. The van der Waals surface area contributed by atoms with Gasteiger partial charge >= 0.3 is 0 Å². The van der Waals surface area contributed by atoms with Crippen molar-refractivity contribution in [1.82, 2.24) is 9.88 Å². The average molecular weight is 258 g/mol. The van der Waals surface area contributed by atoms with E-state index < -0.39 is 0 Å². The van der Waals surface area contributed by atoms with Gasteiger partial charge < -0.3 is 9.88 Å². The molecule has 0 saturated heterocycles. The SMILES string of the molecule is CCCC(CC)NCCCn1ccc2ccccc21. The van der Waals surface area contributed by atoms with E-state index in [1.165, 1.54) is 36.6 Å². The van der Waals surface area contributed by atoms with E-state index in [0.717, 1.165) is 13.1 Å². The summed E-state index contributed by atoms with van der Waals surface area (Å²) < 4.78 is 2.36. The quantitative estimate of drug-likeness (QED) is 0.702. The highest BCUT2D eigenvalue weighted by Crippen LogP contribution is 2.15. The Hall–Kier alpha value is -1.28. The normalized spacial score (nSPS) is 12.9. The summed E-state index contributed by atoms with van der Waals surface area (Å²) in [5, 5.41) is 5.01. The standard InChI is InChI=1S/C17H26N2/c1-3-8-16(4-2)18-12-7-13-19-14-11-15-9-5-6-10-17(15)19/h5-6,9-11,14,16,18H,3-4,7-8,12-13H2,1-2H3. The van der Waals surface area contributed by atoms with Crippen molar-refractivity contribution in [3.63, 3.8) is 0 Å². The first-order valence-electron chi connectivity index (χ1n) is 7.62. The van der Waals surface area contributed by atoms with Crippen LogP contribution in [0.15, 0.2) is 36.5 Å². The van der Waals surface area contributed by atoms with E-state index >= 15 is 0 Å². The topological polar surface area (TPSA) is 17.0 Å². The van der Waals surface area contributed by atoms with Crippen molar-refractivity contribution < 1.29 is 0 Å². The number of hydrogen-bond acceptors (Lipinski definition) is 1. The van der Waals surface area contributed by atoms with Crippen LogP contribution in [0.3, 0.4) is 0 Å². The number of benzene rings is 1. The highest BCUT2D eigenvalue weighted by molar-refractivity contribution is 5.79. The predicted octanol–water partition coefficient (Wildman–Crippen LogP) is 4.20. The van der Waals surface area contributed by atoms with Crippen LogP contribution in [0.2, 0.25) is 0 Å². The molecule has 1 heterocycles. The van der Waals surface area contributed by atoms with Crippen molar-refractivity contribution in [2.45, 2.75) is 52.1 Å². The first-order chi connectivity index (χ1) is 9.35. The first-order valence-corrected chi connectivity index (χ1v) is 7.62. The minimum atomic E-state index is 0.700. The highest BCUT2D eigenvalue weighted by atomic mass is 15.0. The Labute approximate surface area is 116 Å². The summed E-state index contributed by atoms with van der Waals surface area (Å²) in [7, 11) is 0. The van der Waals surface area contributed by atoms with E-state index in [1.807, 2.05) is 0 Å². The molecule has 0 spiro atoms. The fourth-order valence-corrected chi connectivity index (χ4v) is 2.69. The number of aromatic nitrogens is 1. The van der Waals surface area contributed by atoms with Crippen LogP contribution >= 0.6 is 0 Å². The fraction of sp³-hybridized carbons (Fsp3) is 0.529. The Morgan fingerprint density at radius 1 is 1.16 bits per heavy atom. The number of para-hydroxylation sites is 1. The van der Waals surface area contributed by atoms with Crippen molar-refractivity contribution in [3.8, 4) is 0 Å². The Morgan fingerprint density at radius 2 is 2.00 bits per heavy atom. The van der Waals surface area contributed by atoms with Gasteiger partial charge in [-0.05, 0) is 43.3 Å². The molecule has 0 aliphatic heterocycles. The third kappa shape index (κ3) is 3.84. The number of nitrogens with one attached hydrogen (secondary N) is 1. The summed E-state index contributed by atoms with van der Waals surface area (Å²) in [4.78, 5) is 0. The molecule has 1 N–H and O–H groups in total. The maximum absolute atomic E-state index is 3.67. The number of aryl methyl sites for hydroxylation is 1. The first kappa shape index (κ1) is 14.1. The van der Waals surface area contributed by atoms with Gasteiger partial charge in [0.25, 0.3) is 0 Å². The van der Waals surface area contributed by atoms with Gasteiger partial charge in [0.05, 0.1) is 0 Å². The second-order valence-electron chi connectivity index (χ2n) is 5.27. The minimum Gasteiger partial charge on any atom is -0.347 e. The molecule has 2 aromatic rings. The van der Waals surface area contributed by atoms with E-state index in [4.69, 9.17) is 0 Å². The van der Waals surface area contributed by atoms with E-state index in [9.17, 15) is 0 Å². The van der Waals surface area contributed by atoms with E-state index in [-0.39, 0.29) is 0 Å². The van der Waals surface area contributed by atoms with Gasteiger partial charge in [0.1, 0.15) is 0 Å². The molecule has 0 aliphatic carbocycles. The molecule has 0 bridgehead atoms. The van der Waals surface area contributed by atoms with Crippen LogP contribution in [0.4, 0.5) is 0 Å². The lowest BCUT2D eigenvalue weighted by molar-refractivity contribution is 0.450. The molecule has 0 fully saturated rings. The Bertz CT molecular complexity index is 487. The lowest BCUT2D eigenvalue weighted by Crippen LogP contribution is -2.29. The number of rotatable bonds is 8. The monoisotopic (exact) mass is 258 g/mol. The second-order valence-corrected chi connectivity index (χ2v) is 5.27. The van der Waals surface area contributed by atoms with E-state index in [2.05, 4.69) is 60.3 Å².